The Balaban J connectivity index is 2.06. The zero-order valence-corrected chi connectivity index (χ0v) is 13.9. The maximum atomic E-state index is 12.7. The Morgan fingerprint density at radius 3 is 2.65 bits per heavy atom. The second-order valence-corrected chi connectivity index (χ2v) is 6.26. The van der Waals surface area contributed by atoms with E-state index < -0.39 is 5.41 Å². The molecule has 124 valence electrons. The van der Waals surface area contributed by atoms with E-state index in [0.29, 0.717) is 5.57 Å². The Kier molecular flexibility index (Phi) is 5.59. The van der Waals surface area contributed by atoms with Gasteiger partial charge >= 0.3 is 5.97 Å². The fourth-order valence-corrected chi connectivity index (χ4v) is 2.93. The number of nitrogens with one attached hydrogen (secondary N) is 1. The summed E-state index contributed by atoms with van der Waals surface area (Å²) >= 11 is 0. The third-order valence-corrected chi connectivity index (χ3v) is 4.64. The Hall–Kier alpha value is -2.10. The highest BCUT2D eigenvalue weighted by Gasteiger charge is 2.52. The molecule has 0 aliphatic carbocycles. The summed E-state index contributed by atoms with van der Waals surface area (Å²) in [5.74, 6) is -0.628. The first kappa shape index (κ1) is 17.3. The predicted octanol–water partition coefficient (Wildman–Crippen LogP) is 3.37. The van der Waals surface area contributed by atoms with Crippen molar-refractivity contribution in [1.29, 1.82) is 0 Å². The highest BCUT2D eigenvalue weighted by molar-refractivity contribution is 6.04. The molecule has 1 N–H and O–H groups in total. The summed E-state index contributed by atoms with van der Waals surface area (Å²) in [6.45, 7) is 7.92. The van der Waals surface area contributed by atoms with E-state index >= 15 is 0 Å². The summed E-state index contributed by atoms with van der Waals surface area (Å²) in [5, 5.41) is 2.89. The van der Waals surface area contributed by atoms with Crippen molar-refractivity contribution in [2.75, 3.05) is 0 Å². The number of unbranched alkanes of at least 4 members (excludes halogenated alkanes) is 2. The molecule has 4 nitrogen and oxygen atoms in total. The summed E-state index contributed by atoms with van der Waals surface area (Å²) in [7, 11) is 0. The van der Waals surface area contributed by atoms with Crippen molar-refractivity contribution in [3.05, 3.63) is 48.0 Å². The van der Waals surface area contributed by atoms with Crippen LogP contribution in [-0.2, 0) is 20.9 Å². The van der Waals surface area contributed by atoms with Gasteiger partial charge in [0.25, 0.3) is 0 Å². The molecule has 1 aliphatic heterocycles. The largest absolute Gasteiger partial charge is 0.460 e. The summed E-state index contributed by atoms with van der Waals surface area (Å²) in [5.41, 5.74) is 0.242. The lowest BCUT2D eigenvalue weighted by atomic mass is 9.77. The lowest BCUT2D eigenvalue weighted by molar-refractivity contribution is -0.154. The summed E-state index contributed by atoms with van der Waals surface area (Å²) in [4.78, 5) is 24.7. The molecule has 0 saturated carbocycles. The lowest BCUT2D eigenvalue weighted by Crippen LogP contribution is -2.42. The molecule has 4 heteroatoms. The third-order valence-electron chi connectivity index (χ3n) is 4.64. The maximum absolute atomic E-state index is 12.7. The summed E-state index contributed by atoms with van der Waals surface area (Å²) in [6, 6.07) is 9.29. The molecule has 1 amide bonds. The molecular weight excluding hydrogens is 290 g/mol. The van der Waals surface area contributed by atoms with Gasteiger partial charge in [-0.25, -0.2) is 0 Å². The van der Waals surface area contributed by atoms with Crippen LogP contribution in [0, 0.1) is 5.41 Å². The SMILES string of the molecule is C=C1C(=O)N[C@H](CCCCC)[C@@]1(C)C(=O)OCc1ccccc1. The van der Waals surface area contributed by atoms with Crippen LogP contribution in [-0.4, -0.2) is 17.9 Å². The fourth-order valence-electron chi connectivity index (χ4n) is 2.93. The van der Waals surface area contributed by atoms with Crippen LogP contribution in [0.4, 0.5) is 0 Å². The number of hydrogen-bond acceptors (Lipinski definition) is 3. The second-order valence-electron chi connectivity index (χ2n) is 6.26. The number of esters is 1. The van der Waals surface area contributed by atoms with Crippen LogP contribution in [0.15, 0.2) is 42.5 Å². The Labute approximate surface area is 137 Å². The van der Waals surface area contributed by atoms with Gasteiger partial charge in [-0.2, -0.15) is 0 Å². The Bertz CT molecular complexity index is 582. The van der Waals surface area contributed by atoms with Gasteiger partial charge in [0.15, 0.2) is 0 Å². The molecule has 0 radical (unpaired) electrons. The van der Waals surface area contributed by atoms with Crippen molar-refractivity contribution in [2.45, 2.75) is 52.2 Å². The highest BCUT2D eigenvalue weighted by atomic mass is 16.5. The second kappa shape index (κ2) is 7.44. The molecule has 0 bridgehead atoms. The van der Waals surface area contributed by atoms with Crippen LogP contribution in [0.25, 0.3) is 0 Å². The first-order valence-electron chi connectivity index (χ1n) is 8.21. The summed E-state index contributed by atoms with van der Waals surface area (Å²) < 4.78 is 5.48. The van der Waals surface area contributed by atoms with Gasteiger partial charge in [0, 0.05) is 11.6 Å². The number of rotatable bonds is 7. The smallest absolute Gasteiger partial charge is 0.318 e. The van der Waals surface area contributed by atoms with Gasteiger partial charge in [-0.1, -0.05) is 63.1 Å². The van der Waals surface area contributed by atoms with Crippen molar-refractivity contribution in [3.8, 4) is 0 Å². The lowest BCUT2D eigenvalue weighted by Gasteiger charge is -2.28. The number of carbonyl (C=O) groups excluding carboxylic acids is 2. The van der Waals surface area contributed by atoms with Crippen LogP contribution in [0.2, 0.25) is 0 Å². The van der Waals surface area contributed by atoms with Crippen molar-refractivity contribution in [2.24, 2.45) is 5.41 Å². The van der Waals surface area contributed by atoms with Gasteiger partial charge in [-0.15, -0.1) is 0 Å². The minimum absolute atomic E-state index is 0.207. The molecular formula is C19H25NO3. The molecule has 0 unspecified atom stereocenters. The average molecular weight is 315 g/mol. The van der Waals surface area contributed by atoms with E-state index in [1.54, 1.807) is 6.92 Å². The first-order chi connectivity index (χ1) is 11.0. The monoisotopic (exact) mass is 315 g/mol. The minimum Gasteiger partial charge on any atom is -0.460 e. The Morgan fingerprint density at radius 1 is 1.30 bits per heavy atom. The molecule has 1 saturated heterocycles. The average Bonchev–Trinajstić information content (AvgIpc) is 2.79. The molecule has 1 heterocycles. The fraction of sp³-hybridized carbons (Fsp3) is 0.474. The van der Waals surface area contributed by atoms with Gasteiger partial charge in [-0.05, 0) is 18.9 Å². The number of hydrogen-bond donors (Lipinski definition) is 1. The van der Waals surface area contributed by atoms with Gasteiger partial charge in [0.05, 0.1) is 0 Å². The third kappa shape index (κ3) is 3.63. The van der Waals surface area contributed by atoms with E-state index in [9.17, 15) is 9.59 Å². The molecule has 23 heavy (non-hydrogen) atoms. The van der Waals surface area contributed by atoms with Crippen LogP contribution in [0.5, 0.6) is 0 Å². The number of benzene rings is 1. The number of amides is 1. The van der Waals surface area contributed by atoms with E-state index in [2.05, 4.69) is 18.8 Å². The zero-order valence-electron chi connectivity index (χ0n) is 13.9. The zero-order chi connectivity index (χ0) is 16.9. The molecule has 0 aromatic heterocycles. The van der Waals surface area contributed by atoms with Gasteiger partial charge < -0.3 is 10.1 Å². The maximum Gasteiger partial charge on any atom is 0.318 e. The topological polar surface area (TPSA) is 55.4 Å². The van der Waals surface area contributed by atoms with Crippen LogP contribution in [0.3, 0.4) is 0 Å². The van der Waals surface area contributed by atoms with E-state index in [4.69, 9.17) is 4.74 Å². The van der Waals surface area contributed by atoms with E-state index in [-0.39, 0.29) is 24.5 Å². The highest BCUT2D eigenvalue weighted by Crippen LogP contribution is 2.39. The summed E-state index contributed by atoms with van der Waals surface area (Å²) in [6.07, 6.45) is 3.90. The van der Waals surface area contributed by atoms with E-state index in [0.717, 1.165) is 31.2 Å². The standard InChI is InChI=1S/C19H25NO3/c1-4-5-7-12-16-19(3,14(2)17(21)20-16)18(22)23-13-15-10-8-6-9-11-15/h6,8-11,16H,2,4-5,7,12-13H2,1,3H3,(H,20,21)/t16-,19+/m1/s1. The molecule has 2 rings (SSSR count). The molecule has 2 atom stereocenters. The van der Waals surface area contributed by atoms with Gasteiger partial charge in [-0.3, -0.25) is 9.59 Å². The molecule has 1 aliphatic rings. The predicted molar refractivity (Wildman–Crippen MR) is 89.6 cm³/mol. The van der Waals surface area contributed by atoms with Crippen LogP contribution in [0.1, 0.15) is 45.1 Å². The molecule has 1 aromatic rings. The minimum atomic E-state index is -0.987. The molecule has 1 aromatic carbocycles. The Morgan fingerprint density at radius 2 is 2.00 bits per heavy atom. The first-order valence-corrected chi connectivity index (χ1v) is 8.21. The molecule has 0 spiro atoms. The molecule has 1 fully saturated rings. The van der Waals surface area contributed by atoms with Crippen LogP contribution >= 0.6 is 0 Å². The number of carbonyl (C=O) groups is 2. The van der Waals surface area contributed by atoms with Crippen molar-refractivity contribution < 1.29 is 14.3 Å². The van der Waals surface area contributed by atoms with Crippen molar-refractivity contribution in [3.63, 3.8) is 0 Å². The van der Waals surface area contributed by atoms with Crippen molar-refractivity contribution in [1.82, 2.24) is 5.32 Å². The van der Waals surface area contributed by atoms with Gasteiger partial charge in [0.2, 0.25) is 5.91 Å². The van der Waals surface area contributed by atoms with E-state index in [1.807, 2.05) is 30.3 Å². The number of ether oxygens (including phenoxy) is 1. The van der Waals surface area contributed by atoms with Gasteiger partial charge in [0.1, 0.15) is 12.0 Å². The quantitative estimate of drug-likeness (QED) is 0.477. The van der Waals surface area contributed by atoms with Crippen LogP contribution < -0.4 is 5.32 Å². The van der Waals surface area contributed by atoms with Crippen molar-refractivity contribution >= 4 is 11.9 Å². The normalized spacial score (nSPS) is 23.7. The van der Waals surface area contributed by atoms with E-state index in [1.165, 1.54) is 0 Å².